The molecule has 1 fully saturated rings. The minimum Gasteiger partial charge on any atom is -0.466 e. The molecule has 1 aliphatic carbocycles. The fourth-order valence-corrected chi connectivity index (χ4v) is 5.19. The quantitative estimate of drug-likeness (QED) is 0.211. The lowest BCUT2D eigenvalue weighted by Crippen LogP contribution is -2.23. The van der Waals surface area contributed by atoms with Crippen molar-refractivity contribution >= 4 is 5.97 Å². The standard InChI is InChI=1S/C31H44O3/c1-3-5-7-10-25-13-18-28(19-14-25)29-20-15-26(16-21-29)17-22-30(31(32)34-4-2)24-33-23-27-11-8-6-9-12-27/h6,8-9,11-12,15-16,20-21,25,28,30H,3-5,7,10,13-14,17-19,22-24H2,1-2H3. The summed E-state index contributed by atoms with van der Waals surface area (Å²) in [4.78, 5) is 12.5. The van der Waals surface area contributed by atoms with Crippen LogP contribution in [0.5, 0.6) is 0 Å². The van der Waals surface area contributed by atoms with Gasteiger partial charge in [0.25, 0.3) is 0 Å². The van der Waals surface area contributed by atoms with E-state index in [1.807, 2.05) is 37.3 Å². The first-order valence-corrected chi connectivity index (χ1v) is 13.6. The molecule has 0 heterocycles. The summed E-state index contributed by atoms with van der Waals surface area (Å²) in [7, 11) is 0. The SMILES string of the molecule is CCCCCC1CCC(c2ccc(CCC(COCc3ccccc3)C(=O)OCC)cc2)CC1. The lowest BCUT2D eigenvalue weighted by molar-refractivity contribution is -0.150. The summed E-state index contributed by atoms with van der Waals surface area (Å²) in [5.41, 5.74) is 3.90. The number of carbonyl (C=O) groups excluding carboxylic acids is 1. The number of hydrogen-bond donors (Lipinski definition) is 0. The van der Waals surface area contributed by atoms with Crippen molar-refractivity contribution in [2.45, 2.75) is 90.6 Å². The number of esters is 1. The number of carbonyl (C=O) groups is 1. The molecule has 3 heteroatoms. The van der Waals surface area contributed by atoms with Gasteiger partial charge in [-0.15, -0.1) is 0 Å². The van der Waals surface area contributed by atoms with Crippen LogP contribution in [0.4, 0.5) is 0 Å². The first-order valence-electron chi connectivity index (χ1n) is 13.6. The van der Waals surface area contributed by atoms with Crippen molar-refractivity contribution in [3.8, 4) is 0 Å². The highest BCUT2D eigenvalue weighted by Gasteiger charge is 2.23. The normalized spacial score (nSPS) is 19.0. The second-order valence-electron chi connectivity index (χ2n) is 9.94. The van der Waals surface area contributed by atoms with Crippen LogP contribution in [0, 0.1) is 11.8 Å². The summed E-state index contributed by atoms with van der Waals surface area (Å²) >= 11 is 0. The van der Waals surface area contributed by atoms with Gasteiger partial charge in [-0.05, 0) is 74.0 Å². The van der Waals surface area contributed by atoms with E-state index in [2.05, 4.69) is 31.2 Å². The largest absolute Gasteiger partial charge is 0.466 e. The van der Waals surface area contributed by atoms with Crippen LogP contribution >= 0.6 is 0 Å². The molecule has 2 aromatic carbocycles. The Balaban J connectivity index is 1.45. The molecule has 1 unspecified atom stereocenters. The third-order valence-corrected chi connectivity index (χ3v) is 7.35. The molecule has 0 aliphatic heterocycles. The van der Waals surface area contributed by atoms with Crippen LogP contribution < -0.4 is 0 Å². The predicted molar refractivity (Wildman–Crippen MR) is 140 cm³/mol. The van der Waals surface area contributed by atoms with Gasteiger partial charge in [0.1, 0.15) is 0 Å². The summed E-state index contributed by atoms with van der Waals surface area (Å²) in [5.74, 6) is 1.29. The smallest absolute Gasteiger partial charge is 0.311 e. The zero-order valence-electron chi connectivity index (χ0n) is 21.3. The van der Waals surface area contributed by atoms with Crippen LogP contribution in [0.1, 0.15) is 94.2 Å². The molecule has 0 spiro atoms. The highest BCUT2D eigenvalue weighted by molar-refractivity contribution is 5.72. The van der Waals surface area contributed by atoms with Crippen LogP contribution in [0.3, 0.4) is 0 Å². The van der Waals surface area contributed by atoms with Gasteiger partial charge >= 0.3 is 5.97 Å². The molecule has 186 valence electrons. The van der Waals surface area contributed by atoms with Gasteiger partial charge in [0.05, 0.1) is 25.7 Å². The second kappa shape index (κ2) is 15.0. The average Bonchev–Trinajstić information content (AvgIpc) is 2.88. The molecule has 0 radical (unpaired) electrons. The van der Waals surface area contributed by atoms with Gasteiger partial charge in [-0.1, -0.05) is 87.2 Å². The minimum atomic E-state index is -0.230. The van der Waals surface area contributed by atoms with Crippen LogP contribution in [-0.2, 0) is 27.3 Å². The third kappa shape index (κ3) is 8.91. The van der Waals surface area contributed by atoms with Gasteiger partial charge in [0.2, 0.25) is 0 Å². The molecule has 1 aliphatic rings. The van der Waals surface area contributed by atoms with E-state index in [1.54, 1.807) is 0 Å². The van der Waals surface area contributed by atoms with E-state index in [9.17, 15) is 4.79 Å². The maximum atomic E-state index is 12.5. The van der Waals surface area contributed by atoms with Crippen LogP contribution in [-0.4, -0.2) is 19.2 Å². The number of unbranched alkanes of at least 4 members (excludes halogenated alkanes) is 2. The summed E-state index contributed by atoms with van der Waals surface area (Å²) in [5, 5.41) is 0. The minimum absolute atomic E-state index is 0.150. The summed E-state index contributed by atoms with van der Waals surface area (Å²) < 4.78 is 11.2. The van der Waals surface area contributed by atoms with Crippen molar-refractivity contribution in [2.75, 3.05) is 13.2 Å². The number of aryl methyl sites for hydroxylation is 1. The van der Waals surface area contributed by atoms with Gasteiger partial charge in [0, 0.05) is 0 Å². The van der Waals surface area contributed by atoms with Gasteiger partial charge in [0.15, 0.2) is 0 Å². The Labute approximate surface area is 207 Å². The third-order valence-electron chi connectivity index (χ3n) is 7.35. The lowest BCUT2D eigenvalue weighted by Gasteiger charge is -2.29. The number of rotatable bonds is 14. The molecule has 1 atom stereocenters. The first kappa shape index (κ1) is 26.5. The molecule has 1 saturated carbocycles. The summed E-state index contributed by atoms with van der Waals surface area (Å²) in [6.07, 6.45) is 12.6. The summed E-state index contributed by atoms with van der Waals surface area (Å²) in [6.45, 7) is 5.47. The number of hydrogen-bond acceptors (Lipinski definition) is 3. The Morgan fingerprint density at radius 3 is 2.32 bits per heavy atom. The number of ether oxygens (including phenoxy) is 2. The maximum absolute atomic E-state index is 12.5. The van der Waals surface area contributed by atoms with Crippen LogP contribution in [0.15, 0.2) is 54.6 Å². The fraction of sp³-hybridized carbons (Fsp3) is 0.581. The van der Waals surface area contributed by atoms with Gasteiger partial charge in [-0.3, -0.25) is 4.79 Å². The van der Waals surface area contributed by atoms with E-state index in [-0.39, 0.29) is 11.9 Å². The zero-order valence-corrected chi connectivity index (χ0v) is 21.3. The highest BCUT2D eigenvalue weighted by atomic mass is 16.5. The Bertz CT molecular complexity index is 806. The first-order chi connectivity index (χ1) is 16.7. The fourth-order valence-electron chi connectivity index (χ4n) is 5.19. The lowest BCUT2D eigenvalue weighted by atomic mass is 9.77. The molecular weight excluding hydrogens is 420 g/mol. The Kier molecular flexibility index (Phi) is 11.7. The summed E-state index contributed by atoms with van der Waals surface area (Å²) in [6, 6.07) is 19.3. The monoisotopic (exact) mass is 464 g/mol. The van der Waals surface area contributed by atoms with Gasteiger partial charge < -0.3 is 9.47 Å². The van der Waals surface area contributed by atoms with Crippen LogP contribution in [0.25, 0.3) is 0 Å². The number of benzene rings is 2. The van der Waals surface area contributed by atoms with Crippen molar-refractivity contribution in [3.05, 3.63) is 71.3 Å². The molecule has 0 aromatic heterocycles. The zero-order chi connectivity index (χ0) is 24.0. The maximum Gasteiger partial charge on any atom is 0.311 e. The molecular formula is C31H44O3. The molecule has 3 rings (SSSR count). The Morgan fingerprint density at radius 1 is 0.912 bits per heavy atom. The van der Waals surface area contributed by atoms with E-state index in [4.69, 9.17) is 9.47 Å². The van der Waals surface area contributed by atoms with E-state index < -0.39 is 0 Å². The molecule has 34 heavy (non-hydrogen) atoms. The van der Waals surface area contributed by atoms with Crippen LogP contribution in [0.2, 0.25) is 0 Å². The van der Waals surface area contributed by atoms with E-state index in [0.717, 1.165) is 30.2 Å². The van der Waals surface area contributed by atoms with E-state index in [1.165, 1.54) is 62.5 Å². The molecule has 0 N–H and O–H groups in total. The van der Waals surface area contributed by atoms with Crippen molar-refractivity contribution in [2.24, 2.45) is 11.8 Å². The molecule has 2 aromatic rings. The van der Waals surface area contributed by atoms with Crippen molar-refractivity contribution in [1.29, 1.82) is 0 Å². The van der Waals surface area contributed by atoms with E-state index >= 15 is 0 Å². The Morgan fingerprint density at radius 2 is 1.65 bits per heavy atom. The molecule has 3 nitrogen and oxygen atoms in total. The van der Waals surface area contributed by atoms with Gasteiger partial charge in [-0.2, -0.15) is 0 Å². The molecule has 0 amide bonds. The molecule has 0 bridgehead atoms. The van der Waals surface area contributed by atoms with Crippen molar-refractivity contribution < 1.29 is 14.3 Å². The highest BCUT2D eigenvalue weighted by Crippen LogP contribution is 2.37. The Hall–Kier alpha value is -2.13. The van der Waals surface area contributed by atoms with Crippen molar-refractivity contribution in [3.63, 3.8) is 0 Å². The average molecular weight is 465 g/mol. The predicted octanol–water partition coefficient (Wildman–Crippen LogP) is 7.87. The van der Waals surface area contributed by atoms with Crippen molar-refractivity contribution in [1.82, 2.24) is 0 Å². The topological polar surface area (TPSA) is 35.5 Å². The van der Waals surface area contributed by atoms with E-state index in [0.29, 0.717) is 19.8 Å². The second-order valence-corrected chi connectivity index (χ2v) is 9.94. The van der Waals surface area contributed by atoms with Gasteiger partial charge in [-0.25, -0.2) is 0 Å². The molecule has 0 saturated heterocycles.